The SMILES string of the molecule is FC(F)c1cc[nH]c1C(F)F. The van der Waals surface area contributed by atoms with Crippen molar-refractivity contribution in [1.29, 1.82) is 0 Å². The van der Waals surface area contributed by atoms with Crippen molar-refractivity contribution in [2.75, 3.05) is 0 Å². The Kier molecular flexibility index (Phi) is 2.16. The summed E-state index contributed by atoms with van der Waals surface area (Å²) >= 11 is 0. The summed E-state index contributed by atoms with van der Waals surface area (Å²) in [5.41, 5.74) is -1.32. The van der Waals surface area contributed by atoms with Crippen LogP contribution in [0, 0.1) is 0 Å². The molecular formula is C6H5F4N. The lowest BCUT2D eigenvalue weighted by Crippen LogP contribution is -1.91. The van der Waals surface area contributed by atoms with Gasteiger partial charge in [0, 0.05) is 11.8 Å². The first-order chi connectivity index (χ1) is 5.13. The van der Waals surface area contributed by atoms with Crippen LogP contribution < -0.4 is 0 Å². The predicted molar refractivity (Wildman–Crippen MR) is 30.7 cm³/mol. The molecule has 0 atom stereocenters. The quantitative estimate of drug-likeness (QED) is 0.652. The van der Waals surface area contributed by atoms with E-state index in [0.29, 0.717) is 0 Å². The third-order valence-corrected chi connectivity index (χ3v) is 1.27. The van der Waals surface area contributed by atoms with Crippen LogP contribution in [0.3, 0.4) is 0 Å². The number of H-pyrrole nitrogens is 1. The van der Waals surface area contributed by atoms with Crippen LogP contribution in [0.5, 0.6) is 0 Å². The van der Waals surface area contributed by atoms with Gasteiger partial charge in [0.1, 0.15) is 0 Å². The summed E-state index contributed by atoms with van der Waals surface area (Å²) in [5, 5.41) is 0. The lowest BCUT2D eigenvalue weighted by Gasteiger charge is -1.99. The Labute approximate surface area is 60.0 Å². The molecule has 11 heavy (non-hydrogen) atoms. The van der Waals surface area contributed by atoms with Gasteiger partial charge < -0.3 is 4.98 Å². The Morgan fingerprint density at radius 2 is 1.73 bits per heavy atom. The molecule has 1 N–H and O–H groups in total. The summed E-state index contributed by atoms with van der Waals surface area (Å²) in [6.07, 6.45) is -4.64. The number of nitrogens with one attached hydrogen (secondary N) is 1. The highest BCUT2D eigenvalue weighted by Crippen LogP contribution is 2.28. The molecule has 0 saturated heterocycles. The van der Waals surface area contributed by atoms with E-state index in [0.717, 1.165) is 12.3 Å². The first-order valence-electron chi connectivity index (χ1n) is 2.86. The summed E-state index contributed by atoms with van der Waals surface area (Å²) in [6, 6.07) is 0.951. The molecule has 0 aliphatic heterocycles. The molecule has 1 rings (SSSR count). The summed E-state index contributed by atoms with van der Waals surface area (Å²) in [7, 11) is 0. The van der Waals surface area contributed by atoms with Crippen LogP contribution >= 0.6 is 0 Å². The van der Waals surface area contributed by atoms with E-state index >= 15 is 0 Å². The van der Waals surface area contributed by atoms with Crippen LogP contribution in [-0.4, -0.2) is 4.98 Å². The molecular weight excluding hydrogens is 162 g/mol. The fourth-order valence-electron chi connectivity index (χ4n) is 0.774. The van der Waals surface area contributed by atoms with Gasteiger partial charge in [-0.3, -0.25) is 0 Å². The normalized spacial score (nSPS) is 11.5. The van der Waals surface area contributed by atoms with Gasteiger partial charge in [-0.05, 0) is 6.07 Å². The van der Waals surface area contributed by atoms with Crippen LogP contribution in [0.4, 0.5) is 17.6 Å². The molecule has 5 heteroatoms. The Morgan fingerprint density at radius 3 is 2.09 bits per heavy atom. The van der Waals surface area contributed by atoms with Crippen molar-refractivity contribution in [2.24, 2.45) is 0 Å². The van der Waals surface area contributed by atoms with Crippen molar-refractivity contribution in [2.45, 2.75) is 12.9 Å². The van der Waals surface area contributed by atoms with Crippen molar-refractivity contribution in [3.05, 3.63) is 23.5 Å². The van der Waals surface area contributed by atoms with Crippen LogP contribution in [0.25, 0.3) is 0 Å². The van der Waals surface area contributed by atoms with E-state index in [9.17, 15) is 17.6 Å². The first kappa shape index (κ1) is 8.10. The number of hydrogen-bond acceptors (Lipinski definition) is 0. The molecule has 62 valence electrons. The van der Waals surface area contributed by atoms with Gasteiger partial charge in [-0.15, -0.1) is 0 Å². The fourth-order valence-corrected chi connectivity index (χ4v) is 0.774. The van der Waals surface area contributed by atoms with E-state index in [1.807, 2.05) is 0 Å². The molecule has 0 amide bonds. The molecule has 1 aromatic heterocycles. The lowest BCUT2D eigenvalue weighted by atomic mass is 10.2. The van der Waals surface area contributed by atoms with Gasteiger partial charge in [-0.1, -0.05) is 0 Å². The molecule has 1 aromatic rings. The summed E-state index contributed by atoms with van der Waals surface area (Å²) < 4.78 is 47.4. The highest BCUT2D eigenvalue weighted by molar-refractivity contribution is 5.22. The number of aromatic nitrogens is 1. The summed E-state index contributed by atoms with van der Waals surface area (Å²) in [5.74, 6) is 0. The van der Waals surface area contributed by atoms with Crippen LogP contribution in [0.2, 0.25) is 0 Å². The van der Waals surface area contributed by atoms with Crippen molar-refractivity contribution in [3.63, 3.8) is 0 Å². The smallest absolute Gasteiger partial charge is 0.278 e. The largest absolute Gasteiger partial charge is 0.360 e. The highest BCUT2D eigenvalue weighted by Gasteiger charge is 2.19. The van der Waals surface area contributed by atoms with Gasteiger partial charge in [0.15, 0.2) is 0 Å². The molecule has 1 heterocycles. The Hall–Kier alpha value is -1.00. The van der Waals surface area contributed by atoms with Gasteiger partial charge in [-0.25, -0.2) is 17.6 Å². The second-order valence-electron chi connectivity index (χ2n) is 1.95. The molecule has 0 aliphatic rings. The molecule has 0 aliphatic carbocycles. The maximum absolute atomic E-state index is 11.9. The zero-order chi connectivity index (χ0) is 8.43. The minimum absolute atomic E-state index is 0.625. The zero-order valence-electron chi connectivity index (χ0n) is 5.32. The fraction of sp³-hybridized carbons (Fsp3) is 0.333. The van der Waals surface area contributed by atoms with Gasteiger partial charge in [0.2, 0.25) is 0 Å². The van der Waals surface area contributed by atoms with Gasteiger partial charge >= 0.3 is 0 Å². The molecule has 0 bridgehead atoms. The van der Waals surface area contributed by atoms with Crippen LogP contribution in [0.1, 0.15) is 24.1 Å². The molecule has 0 spiro atoms. The third kappa shape index (κ3) is 1.53. The number of halogens is 4. The van der Waals surface area contributed by atoms with E-state index in [1.165, 1.54) is 0 Å². The van der Waals surface area contributed by atoms with Crippen molar-refractivity contribution in [1.82, 2.24) is 4.98 Å². The molecule has 0 unspecified atom stereocenters. The van der Waals surface area contributed by atoms with Crippen molar-refractivity contribution in [3.8, 4) is 0 Å². The summed E-state index contributed by atoms with van der Waals surface area (Å²) in [6.45, 7) is 0. The average molecular weight is 167 g/mol. The molecule has 0 fully saturated rings. The third-order valence-electron chi connectivity index (χ3n) is 1.27. The van der Waals surface area contributed by atoms with Crippen molar-refractivity contribution < 1.29 is 17.6 Å². The zero-order valence-corrected chi connectivity index (χ0v) is 5.32. The second-order valence-corrected chi connectivity index (χ2v) is 1.95. The Balaban J connectivity index is 2.96. The molecule has 1 nitrogen and oxygen atoms in total. The van der Waals surface area contributed by atoms with E-state index in [4.69, 9.17) is 0 Å². The van der Waals surface area contributed by atoms with Gasteiger partial charge in [0.05, 0.1) is 5.69 Å². The Morgan fingerprint density at radius 1 is 1.09 bits per heavy atom. The van der Waals surface area contributed by atoms with E-state index < -0.39 is 24.1 Å². The average Bonchev–Trinajstić information content (AvgIpc) is 2.32. The minimum atomic E-state index is -2.87. The Bertz CT molecular complexity index is 208. The monoisotopic (exact) mass is 167 g/mol. The molecule has 0 saturated carbocycles. The number of aromatic amines is 1. The lowest BCUT2D eigenvalue weighted by molar-refractivity contribution is 0.122. The topological polar surface area (TPSA) is 15.8 Å². The second kappa shape index (κ2) is 2.94. The van der Waals surface area contributed by atoms with Crippen LogP contribution in [0.15, 0.2) is 12.3 Å². The van der Waals surface area contributed by atoms with E-state index in [2.05, 4.69) is 4.98 Å². The summed E-state index contributed by atoms with van der Waals surface area (Å²) in [4.78, 5) is 2.06. The van der Waals surface area contributed by atoms with E-state index in [1.54, 1.807) is 0 Å². The molecule has 0 aromatic carbocycles. The molecule has 0 radical (unpaired) electrons. The number of alkyl halides is 4. The van der Waals surface area contributed by atoms with Crippen LogP contribution in [-0.2, 0) is 0 Å². The maximum Gasteiger partial charge on any atom is 0.278 e. The standard InChI is InChI=1S/C6H5F4N/c7-5(8)3-1-2-11-4(3)6(9)10/h1-2,5-6,11H. The van der Waals surface area contributed by atoms with Crippen molar-refractivity contribution >= 4 is 0 Å². The first-order valence-corrected chi connectivity index (χ1v) is 2.86. The number of hydrogen-bond donors (Lipinski definition) is 1. The van der Waals surface area contributed by atoms with E-state index in [-0.39, 0.29) is 0 Å². The predicted octanol–water partition coefficient (Wildman–Crippen LogP) is 2.89. The minimum Gasteiger partial charge on any atom is -0.360 e. The van der Waals surface area contributed by atoms with Gasteiger partial charge in [-0.2, -0.15) is 0 Å². The number of rotatable bonds is 2. The highest BCUT2D eigenvalue weighted by atomic mass is 19.3. The maximum atomic E-state index is 11.9. The van der Waals surface area contributed by atoms with Gasteiger partial charge in [0.25, 0.3) is 12.9 Å².